The molecule has 0 atom stereocenters. The third kappa shape index (κ3) is 4.07. The fourth-order valence-corrected chi connectivity index (χ4v) is 4.29. The van der Waals surface area contributed by atoms with Gasteiger partial charge in [0.1, 0.15) is 5.82 Å². The van der Waals surface area contributed by atoms with Crippen LogP contribution in [0.3, 0.4) is 0 Å². The third-order valence-electron chi connectivity index (χ3n) is 6.09. The minimum absolute atomic E-state index is 0.269. The van der Waals surface area contributed by atoms with Crippen molar-refractivity contribution in [2.75, 3.05) is 5.32 Å². The van der Waals surface area contributed by atoms with Gasteiger partial charge in [0, 0.05) is 63.4 Å². The Kier molecular flexibility index (Phi) is 5.73. The van der Waals surface area contributed by atoms with Gasteiger partial charge in [-0.1, -0.05) is 23.7 Å². The van der Waals surface area contributed by atoms with Crippen molar-refractivity contribution in [3.05, 3.63) is 71.5 Å². The highest BCUT2D eigenvalue weighted by Gasteiger charge is 2.55. The van der Waals surface area contributed by atoms with E-state index in [9.17, 15) is 24.6 Å². The Morgan fingerprint density at radius 1 is 0.972 bits per heavy atom. The van der Waals surface area contributed by atoms with E-state index in [1.165, 1.54) is 0 Å². The number of amides is 1. The molecule has 0 bridgehead atoms. The number of fused-ring (bicyclic) bond motifs is 3. The number of carboxylic acids is 2. The van der Waals surface area contributed by atoms with E-state index in [0.29, 0.717) is 16.4 Å². The van der Waals surface area contributed by atoms with Crippen LogP contribution < -0.4 is 10.7 Å². The van der Waals surface area contributed by atoms with Crippen LogP contribution in [0, 0.1) is 5.41 Å². The SMILES string of the molecule is O=C(NN=C1CC(C(=O)O)(C(=O)O)C1)c1ccc2c(c1)nc(Nc1cccc(Cl)c1)c1ccncc12. The van der Waals surface area contributed by atoms with E-state index in [1.54, 1.807) is 42.7 Å². The van der Waals surface area contributed by atoms with Gasteiger partial charge in [0.25, 0.3) is 5.91 Å². The first-order chi connectivity index (χ1) is 17.3. The number of rotatable bonds is 6. The molecule has 1 amide bonds. The predicted molar refractivity (Wildman–Crippen MR) is 134 cm³/mol. The number of nitrogens with zero attached hydrogens (tertiary/aromatic N) is 3. The molecule has 0 saturated heterocycles. The Bertz CT molecular complexity index is 1580. The minimum atomic E-state index is -1.89. The molecule has 0 unspecified atom stereocenters. The first-order valence-electron chi connectivity index (χ1n) is 10.8. The van der Waals surface area contributed by atoms with E-state index < -0.39 is 23.3 Å². The molecule has 2 aromatic heterocycles. The predicted octanol–water partition coefficient (Wildman–Crippen LogP) is 4.22. The van der Waals surface area contributed by atoms with E-state index in [2.05, 4.69) is 20.8 Å². The number of hydrogen-bond acceptors (Lipinski definition) is 7. The molecular formula is C25H18ClN5O5. The molecule has 1 aliphatic rings. The summed E-state index contributed by atoms with van der Waals surface area (Å²) in [6.07, 6.45) is 2.86. The van der Waals surface area contributed by atoms with Gasteiger partial charge in [-0.05, 0) is 36.4 Å². The summed E-state index contributed by atoms with van der Waals surface area (Å²) in [6, 6.07) is 14.1. The molecule has 4 aromatic rings. The van der Waals surface area contributed by atoms with E-state index in [0.717, 1.165) is 21.8 Å². The number of hydrogen-bond donors (Lipinski definition) is 4. The number of aromatic nitrogens is 2. The number of anilines is 2. The zero-order valence-corrected chi connectivity index (χ0v) is 19.3. The molecule has 4 N–H and O–H groups in total. The number of benzene rings is 2. The maximum atomic E-state index is 12.7. The second-order valence-corrected chi connectivity index (χ2v) is 8.85. The highest BCUT2D eigenvalue weighted by atomic mass is 35.5. The molecule has 11 heteroatoms. The molecule has 5 rings (SSSR count). The molecule has 0 aliphatic heterocycles. The Hall–Kier alpha value is -4.57. The van der Waals surface area contributed by atoms with Crippen LogP contribution in [0.4, 0.5) is 11.5 Å². The molecule has 0 radical (unpaired) electrons. The zero-order chi connectivity index (χ0) is 25.4. The van der Waals surface area contributed by atoms with Gasteiger partial charge in [-0.2, -0.15) is 5.10 Å². The maximum Gasteiger partial charge on any atom is 0.321 e. The summed E-state index contributed by atoms with van der Waals surface area (Å²) in [5, 5.41) is 28.6. The van der Waals surface area contributed by atoms with Crippen molar-refractivity contribution in [2.24, 2.45) is 10.5 Å². The summed E-state index contributed by atoms with van der Waals surface area (Å²) in [5.41, 5.74) is 2.33. The van der Waals surface area contributed by atoms with Gasteiger partial charge in [-0.25, -0.2) is 10.4 Å². The Morgan fingerprint density at radius 2 is 1.75 bits per heavy atom. The Morgan fingerprint density at radius 3 is 2.47 bits per heavy atom. The van der Waals surface area contributed by atoms with Crippen LogP contribution in [0.5, 0.6) is 0 Å². The third-order valence-corrected chi connectivity index (χ3v) is 6.33. The van der Waals surface area contributed by atoms with E-state index in [4.69, 9.17) is 16.6 Å². The van der Waals surface area contributed by atoms with Crippen molar-refractivity contribution in [2.45, 2.75) is 12.8 Å². The highest BCUT2D eigenvalue weighted by molar-refractivity contribution is 6.30. The maximum absolute atomic E-state index is 12.7. The minimum Gasteiger partial charge on any atom is -0.480 e. The molecule has 2 aromatic carbocycles. The molecule has 1 aliphatic carbocycles. The zero-order valence-electron chi connectivity index (χ0n) is 18.5. The Balaban J connectivity index is 1.44. The number of nitrogens with one attached hydrogen (secondary N) is 2. The second kappa shape index (κ2) is 8.90. The van der Waals surface area contributed by atoms with Gasteiger partial charge in [0.15, 0.2) is 5.41 Å². The van der Waals surface area contributed by atoms with E-state index in [1.807, 2.05) is 18.2 Å². The second-order valence-electron chi connectivity index (χ2n) is 8.41. The van der Waals surface area contributed by atoms with Crippen LogP contribution in [0.25, 0.3) is 21.7 Å². The number of aliphatic carboxylic acids is 2. The summed E-state index contributed by atoms with van der Waals surface area (Å²) in [5.74, 6) is -2.83. The van der Waals surface area contributed by atoms with Crippen molar-refractivity contribution in [1.29, 1.82) is 0 Å². The quantitative estimate of drug-likeness (QED) is 0.173. The largest absolute Gasteiger partial charge is 0.480 e. The van der Waals surface area contributed by atoms with Gasteiger partial charge in [-0.15, -0.1) is 0 Å². The molecule has 180 valence electrons. The topological polar surface area (TPSA) is 154 Å². The van der Waals surface area contributed by atoms with Crippen LogP contribution in [-0.4, -0.2) is 43.7 Å². The number of hydrazone groups is 1. The molecular weight excluding hydrogens is 486 g/mol. The van der Waals surface area contributed by atoms with Gasteiger partial charge < -0.3 is 15.5 Å². The smallest absolute Gasteiger partial charge is 0.321 e. The lowest BCUT2D eigenvalue weighted by Crippen LogP contribution is -2.51. The monoisotopic (exact) mass is 503 g/mol. The van der Waals surface area contributed by atoms with Gasteiger partial charge in [-0.3, -0.25) is 19.4 Å². The summed E-state index contributed by atoms with van der Waals surface area (Å²) in [6.45, 7) is 0. The normalized spacial score (nSPS) is 14.2. The summed E-state index contributed by atoms with van der Waals surface area (Å²) in [4.78, 5) is 44.2. The number of carboxylic acid groups (broad SMARTS) is 2. The van der Waals surface area contributed by atoms with Crippen LogP contribution >= 0.6 is 11.6 Å². The van der Waals surface area contributed by atoms with E-state index in [-0.39, 0.29) is 24.1 Å². The number of carbonyl (C=O) groups is 3. The molecule has 0 spiro atoms. The molecule has 36 heavy (non-hydrogen) atoms. The first-order valence-corrected chi connectivity index (χ1v) is 11.2. The van der Waals surface area contributed by atoms with Crippen molar-refractivity contribution in [3.63, 3.8) is 0 Å². The van der Waals surface area contributed by atoms with Crippen molar-refractivity contribution in [1.82, 2.24) is 15.4 Å². The molecule has 1 fully saturated rings. The molecule has 10 nitrogen and oxygen atoms in total. The average Bonchev–Trinajstić information content (AvgIpc) is 2.82. The fraction of sp³-hybridized carbons (Fsp3) is 0.120. The number of halogens is 1. The molecule has 1 saturated carbocycles. The highest BCUT2D eigenvalue weighted by Crippen LogP contribution is 2.39. The van der Waals surface area contributed by atoms with Crippen molar-refractivity contribution < 1.29 is 24.6 Å². The van der Waals surface area contributed by atoms with Gasteiger partial charge in [0.05, 0.1) is 5.52 Å². The lowest BCUT2D eigenvalue weighted by Gasteiger charge is -2.34. The van der Waals surface area contributed by atoms with E-state index >= 15 is 0 Å². The standard InChI is InChI=1S/C25H18ClN5O5/c26-14-2-1-3-15(9-14)28-21-18-6-7-27-12-19(18)17-5-4-13(8-20(17)29-21)22(32)31-30-16-10-25(11-16,23(33)34)24(35)36/h1-9,12H,10-11H2,(H,28,29)(H,31,32)(H,33,34)(H,35,36). The Labute approximate surface area is 208 Å². The van der Waals surface area contributed by atoms with Crippen molar-refractivity contribution >= 4 is 68.3 Å². The number of carbonyl (C=O) groups excluding carboxylic acids is 1. The summed E-state index contributed by atoms with van der Waals surface area (Å²) in [7, 11) is 0. The van der Waals surface area contributed by atoms with Crippen LogP contribution in [0.2, 0.25) is 5.02 Å². The lowest BCUT2D eigenvalue weighted by molar-refractivity contribution is -0.165. The average molecular weight is 504 g/mol. The van der Waals surface area contributed by atoms with Crippen LogP contribution in [0.15, 0.2) is 66.0 Å². The van der Waals surface area contributed by atoms with Crippen molar-refractivity contribution in [3.8, 4) is 0 Å². The summed E-state index contributed by atoms with van der Waals surface area (Å²) < 4.78 is 0. The first kappa shape index (κ1) is 23.2. The summed E-state index contributed by atoms with van der Waals surface area (Å²) >= 11 is 6.11. The van der Waals surface area contributed by atoms with Crippen LogP contribution in [-0.2, 0) is 9.59 Å². The van der Waals surface area contributed by atoms with Gasteiger partial charge in [0.2, 0.25) is 0 Å². The molecule has 2 heterocycles. The van der Waals surface area contributed by atoms with Gasteiger partial charge >= 0.3 is 11.9 Å². The van der Waals surface area contributed by atoms with Crippen LogP contribution in [0.1, 0.15) is 23.2 Å². The lowest BCUT2D eigenvalue weighted by atomic mass is 9.67. The fourth-order valence-electron chi connectivity index (χ4n) is 4.10. The number of pyridine rings is 2.